The largest absolute Gasteiger partial charge is 0.497 e. The number of hydrogen-bond acceptors (Lipinski definition) is 4. The van der Waals surface area contributed by atoms with Gasteiger partial charge in [0.2, 0.25) is 5.91 Å². The number of ether oxygens (including phenoxy) is 1. The van der Waals surface area contributed by atoms with Crippen LogP contribution in [0, 0.1) is 0 Å². The Morgan fingerprint density at radius 1 is 0.939 bits per heavy atom. The summed E-state index contributed by atoms with van der Waals surface area (Å²) < 4.78 is 5.20. The molecule has 3 aromatic rings. The minimum absolute atomic E-state index is 0.192. The van der Waals surface area contributed by atoms with Gasteiger partial charge in [0.1, 0.15) is 12.3 Å². The maximum atomic E-state index is 13.0. The standard InChI is InChI=1S/C27H29NO4S/c1-32-25-14-12-20(13-15-25)16-21-6-4-10-24(17-21)28(18-27(30)31)26(29)11-5-9-22-7-2-3-8-23(22)19-33/h2-4,6-8,10,12-15,17,33H,5,9,11,16,18-19H2,1H3,(H,30,31). The quantitative estimate of drug-likeness (QED) is 0.386. The fourth-order valence-electron chi connectivity index (χ4n) is 3.79. The van der Waals surface area contributed by atoms with Crippen LogP contribution < -0.4 is 9.64 Å². The molecule has 0 heterocycles. The first-order chi connectivity index (χ1) is 16.0. The first kappa shape index (κ1) is 24.4. The maximum Gasteiger partial charge on any atom is 0.323 e. The number of rotatable bonds is 11. The van der Waals surface area contributed by atoms with Crippen LogP contribution in [0.4, 0.5) is 5.69 Å². The second-order valence-electron chi connectivity index (χ2n) is 7.85. The van der Waals surface area contributed by atoms with Crippen LogP contribution >= 0.6 is 12.6 Å². The molecule has 5 nitrogen and oxygen atoms in total. The highest BCUT2D eigenvalue weighted by Crippen LogP contribution is 2.22. The van der Waals surface area contributed by atoms with E-state index in [2.05, 4.69) is 12.6 Å². The number of aliphatic carboxylic acids is 1. The third-order valence-corrected chi connectivity index (χ3v) is 5.85. The van der Waals surface area contributed by atoms with E-state index in [9.17, 15) is 14.7 Å². The van der Waals surface area contributed by atoms with Gasteiger partial charge in [-0.25, -0.2) is 0 Å². The molecule has 0 saturated heterocycles. The SMILES string of the molecule is COc1ccc(Cc2cccc(N(CC(=O)O)C(=O)CCCc3ccccc3CS)c2)cc1. The molecule has 0 atom stereocenters. The Balaban J connectivity index is 1.70. The summed E-state index contributed by atoms with van der Waals surface area (Å²) in [6.07, 6.45) is 2.34. The number of carboxylic acid groups (broad SMARTS) is 1. The fraction of sp³-hybridized carbons (Fsp3) is 0.259. The van der Waals surface area contributed by atoms with Crippen LogP contribution in [0.1, 0.15) is 35.1 Å². The van der Waals surface area contributed by atoms with Crippen LogP contribution in [-0.2, 0) is 28.2 Å². The zero-order valence-electron chi connectivity index (χ0n) is 18.7. The van der Waals surface area contributed by atoms with Gasteiger partial charge in [-0.15, -0.1) is 0 Å². The number of thiol groups is 1. The number of methoxy groups -OCH3 is 1. The number of anilines is 1. The van der Waals surface area contributed by atoms with Crippen molar-refractivity contribution in [3.8, 4) is 5.75 Å². The van der Waals surface area contributed by atoms with Crippen LogP contribution in [0.2, 0.25) is 0 Å². The molecular weight excluding hydrogens is 434 g/mol. The van der Waals surface area contributed by atoms with Crippen molar-refractivity contribution in [1.82, 2.24) is 0 Å². The Labute approximate surface area is 200 Å². The predicted molar refractivity (Wildman–Crippen MR) is 134 cm³/mol. The van der Waals surface area contributed by atoms with Crippen LogP contribution in [0.3, 0.4) is 0 Å². The van der Waals surface area contributed by atoms with Gasteiger partial charge >= 0.3 is 5.97 Å². The average molecular weight is 464 g/mol. The van der Waals surface area contributed by atoms with E-state index in [1.807, 2.05) is 66.7 Å². The molecule has 172 valence electrons. The Morgan fingerprint density at radius 3 is 2.33 bits per heavy atom. The summed E-state index contributed by atoms with van der Waals surface area (Å²) in [4.78, 5) is 25.9. The van der Waals surface area contributed by atoms with Crippen molar-refractivity contribution in [2.45, 2.75) is 31.4 Å². The fourth-order valence-corrected chi connectivity index (χ4v) is 4.10. The highest BCUT2D eigenvalue weighted by atomic mass is 32.1. The van der Waals surface area contributed by atoms with Crippen LogP contribution in [0.5, 0.6) is 5.75 Å². The third kappa shape index (κ3) is 7.12. The first-order valence-electron chi connectivity index (χ1n) is 10.9. The minimum Gasteiger partial charge on any atom is -0.497 e. The minimum atomic E-state index is -1.04. The van der Waals surface area contributed by atoms with Gasteiger partial charge in [0.15, 0.2) is 0 Å². The monoisotopic (exact) mass is 463 g/mol. The number of nitrogens with zero attached hydrogens (tertiary/aromatic N) is 1. The Kier molecular flexibility index (Phi) is 8.95. The number of carbonyl (C=O) groups excluding carboxylic acids is 1. The van der Waals surface area contributed by atoms with Gasteiger partial charge in [-0.3, -0.25) is 9.59 Å². The Bertz CT molecular complexity index is 1080. The van der Waals surface area contributed by atoms with Crippen LogP contribution in [0.25, 0.3) is 0 Å². The van der Waals surface area contributed by atoms with E-state index >= 15 is 0 Å². The molecular formula is C27H29NO4S. The molecule has 0 spiro atoms. The number of carboxylic acids is 1. The molecule has 0 aliphatic rings. The lowest BCUT2D eigenvalue weighted by atomic mass is 10.0. The van der Waals surface area contributed by atoms with Crippen molar-refractivity contribution in [2.75, 3.05) is 18.6 Å². The zero-order chi connectivity index (χ0) is 23.6. The normalized spacial score (nSPS) is 10.6. The lowest BCUT2D eigenvalue weighted by Crippen LogP contribution is -2.35. The summed E-state index contributed by atoms with van der Waals surface area (Å²) in [6.45, 7) is -0.363. The summed E-state index contributed by atoms with van der Waals surface area (Å²) in [5, 5.41) is 9.41. The molecule has 33 heavy (non-hydrogen) atoms. The van der Waals surface area contributed by atoms with Crippen molar-refractivity contribution in [1.29, 1.82) is 0 Å². The van der Waals surface area contributed by atoms with Gasteiger partial charge in [0, 0.05) is 17.9 Å². The third-order valence-electron chi connectivity index (χ3n) is 5.51. The predicted octanol–water partition coefficient (Wildman–Crippen LogP) is 5.16. The zero-order valence-corrected chi connectivity index (χ0v) is 19.6. The Hall–Kier alpha value is -3.25. The summed E-state index contributed by atoms with van der Waals surface area (Å²) in [5.41, 5.74) is 5.04. The van der Waals surface area contributed by atoms with Gasteiger partial charge in [0.05, 0.1) is 7.11 Å². The molecule has 0 bridgehead atoms. The highest BCUT2D eigenvalue weighted by Gasteiger charge is 2.19. The van der Waals surface area contributed by atoms with E-state index in [-0.39, 0.29) is 18.9 Å². The maximum absolute atomic E-state index is 13.0. The van der Waals surface area contributed by atoms with Crippen LogP contribution in [0.15, 0.2) is 72.8 Å². The van der Waals surface area contributed by atoms with Gasteiger partial charge in [-0.1, -0.05) is 48.5 Å². The highest BCUT2D eigenvalue weighted by molar-refractivity contribution is 7.79. The average Bonchev–Trinajstić information content (AvgIpc) is 2.83. The van der Waals surface area contributed by atoms with Gasteiger partial charge in [0.25, 0.3) is 0 Å². The van der Waals surface area contributed by atoms with Gasteiger partial charge in [-0.2, -0.15) is 12.6 Å². The second-order valence-corrected chi connectivity index (χ2v) is 8.16. The molecule has 0 aromatic heterocycles. The number of hydrogen-bond donors (Lipinski definition) is 2. The lowest BCUT2D eigenvalue weighted by molar-refractivity contribution is -0.136. The number of aryl methyl sites for hydroxylation is 1. The van der Waals surface area contributed by atoms with E-state index < -0.39 is 5.97 Å². The number of benzene rings is 3. The van der Waals surface area contributed by atoms with Crippen LogP contribution in [-0.4, -0.2) is 30.6 Å². The van der Waals surface area contributed by atoms with Crippen molar-refractivity contribution in [3.05, 3.63) is 95.1 Å². The lowest BCUT2D eigenvalue weighted by Gasteiger charge is -2.22. The molecule has 0 radical (unpaired) electrons. The van der Waals surface area contributed by atoms with Crippen molar-refractivity contribution in [3.63, 3.8) is 0 Å². The Morgan fingerprint density at radius 2 is 1.67 bits per heavy atom. The number of amides is 1. The molecule has 0 aliphatic carbocycles. The van der Waals surface area contributed by atoms with E-state index in [4.69, 9.17) is 4.74 Å². The second kappa shape index (κ2) is 12.1. The molecule has 1 N–H and O–H groups in total. The van der Waals surface area contributed by atoms with E-state index in [0.29, 0.717) is 24.3 Å². The molecule has 3 aromatic carbocycles. The molecule has 0 aliphatic heterocycles. The summed E-state index contributed by atoms with van der Waals surface area (Å²) in [5.74, 6) is 0.213. The summed E-state index contributed by atoms with van der Waals surface area (Å²) in [6, 6.07) is 23.4. The molecule has 6 heteroatoms. The smallest absolute Gasteiger partial charge is 0.323 e. The van der Waals surface area contributed by atoms with Gasteiger partial charge < -0.3 is 14.7 Å². The molecule has 0 fully saturated rings. The topological polar surface area (TPSA) is 66.8 Å². The molecule has 0 saturated carbocycles. The van der Waals surface area contributed by atoms with Gasteiger partial charge in [-0.05, 0) is 65.8 Å². The van der Waals surface area contributed by atoms with E-state index in [1.165, 1.54) is 10.5 Å². The van der Waals surface area contributed by atoms with Crippen molar-refractivity contribution in [2.24, 2.45) is 0 Å². The summed E-state index contributed by atoms with van der Waals surface area (Å²) >= 11 is 4.37. The molecule has 3 rings (SSSR count). The molecule has 1 amide bonds. The number of carbonyl (C=O) groups is 2. The van der Waals surface area contributed by atoms with E-state index in [1.54, 1.807) is 13.2 Å². The van der Waals surface area contributed by atoms with Crippen molar-refractivity contribution < 1.29 is 19.4 Å². The van der Waals surface area contributed by atoms with Crippen molar-refractivity contribution >= 4 is 30.2 Å². The summed E-state index contributed by atoms with van der Waals surface area (Å²) in [7, 11) is 1.63. The van der Waals surface area contributed by atoms with E-state index in [0.717, 1.165) is 28.9 Å². The molecule has 0 unspecified atom stereocenters. The first-order valence-corrected chi connectivity index (χ1v) is 11.5.